The Morgan fingerprint density at radius 1 is 1.33 bits per heavy atom. The summed E-state index contributed by atoms with van der Waals surface area (Å²) in [5.74, 6) is 0. The van der Waals surface area contributed by atoms with Crippen LogP contribution < -0.4 is 0 Å². The molecule has 0 saturated carbocycles. The van der Waals surface area contributed by atoms with E-state index in [9.17, 15) is 0 Å². The van der Waals surface area contributed by atoms with Crippen LogP contribution in [0.25, 0.3) is 0 Å². The van der Waals surface area contributed by atoms with Crippen molar-refractivity contribution >= 4 is 40.0 Å². The Labute approximate surface area is 75.3 Å². The Morgan fingerprint density at radius 3 is 1.33 bits per heavy atom. The second-order valence-electron chi connectivity index (χ2n) is 0.630. The SMILES string of the molecule is C=CO.O=S(=O)(O)O.[NaH]. The minimum atomic E-state index is -4.67. The van der Waals surface area contributed by atoms with Gasteiger partial charge in [0.05, 0.1) is 6.26 Å². The monoisotopic (exact) mass is 166 g/mol. The van der Waals surface area contributed by atoms with Crippen molar-refractivity contribution in [3.63, 3.8) is 0 Å². The molecule has 0 aliphatic rings. The Kier molecular flexibility index (Phi) is 15.1. The van der Waals surface area contributed by atoms with Gasteiger partial charge in [0.25, 0.3) is 0 Å². The van der Waals surface area contributed by atoms with E-state index in [-0.39, 0.29) is 29.6 Å². The third-order valence-corrected chi connectivity index (χ3v) is 0. The van der Waals surface area contributed by atoms with E-state index in [4.69, 9.17) is 22.6 Å². The molecule has 7 heteroatoms. The summed E-state index contributed by atoms with van der Waals surface area (Å²) in [7, 11) is -4.67. The van der Waals surface area contributed by atoms with E-state index in [1.54, 1.807) is 0 Å². The van der Waals surface area contributed by atoms with Crippen molar-refractivity contribution in [1.82, 2.24) is 0 Å². The molecular weight excluding hydrogens is 159 g/mol. The van der Waals surface area contributed by atoms with Crippen LogP contribution in [0.1, 0.15) is 0 Å². The van der Waals surface area contributed by atoms with Gasteiger partial charge in [-0.2, -0.15) is 8.42 Å². The van der Waals surface area contributed by atoms with Crippen LogP contribution in [0.2, 0.25) is 0 Å². The van der Waals surface area contributed by atoms with Crippen molar-refractivity contribution in [1.29, 1.82) is 0 Å². The van der Waals surface area contributed by atoms with Crippen molar-refractivity contribution < 1.29 is 22.6 Å². The minimum absolute atomic E-state index is 0. The van der Waals surface area contributed by atoms with Crippen LogP contribution >= 0.6 is 0 Å². The van der Waals surface area contributed by atoms with E-state index in [1.165, 1.54) is 0 Å². The first kappa shape index (κ1) is 16.2. The van der Waals surface area contributed by atoms with Crippen LogP contribution in [0.15, 0.2) is 12.8 Å². The molecule has 0 aromatic rings. The number of aliphatic hydroxyl groups is 1. The van der Waals surface area contributed by atoms with Crippen molar-refractivity contribution in [2.24, 2.45) is 0 Å². The molecule has 9 heavy (non-hydrogen) atoms. The van der Waals surface area contributed by atoms with Crippen LogP contribution in [0.3, 0.4) is 0 Å². The van der Waals surface area contributed by atoms with Gasteiger partial charge in [0.2, 0.25) is 0 Å². The number of aliphatic hydroxyl groups excluding tert-OH is 1. The van der Waals surface area contributed by atoms with Gasteiger partial charge in [-0.15, -0.1) is 0 Å². The van der Waals surface area contributed by atoms with Crippen LogP contribution in [0.5, 0.6) is 0 Å². The van der Waals surface area contributed by atoms with Gasteiger partial charge in [-0.05, 0) is 0 Å². The Morgan fingerprint density at radius 2 is 1.33 bits per heavy atom. The molecule has 52 valence electrons. The number of hydrogen-bond acceptors (Lipinski definition) is 3. The van der Waals surface area contributed by atoms with Crippen LogP contribution in [0.4, 0.5) is 0 Å². The van der Waals surface area contributed by atoms with E-state index in [0.717, 1.165) is 6.26 Å². The molecule has 0 heterocycles. The predicted molar refractivity (Wildman–Crippen MR) is 34.2 cm³/mol. The quantitative estimate of drug-likeness (QED) is 0.253. The maximum atomic E-state index is 8.74. The Hall–Kier alpha value is 0.410. The summed E-state index contributed by atoms with van der Waals surface area (Å²) < 4.78 is 31.6. The molecule has 0 amide bonds. The standard InChI is InChI=1S/C2H4O.Na.H2O4S.H/c1-2-3;;1-5(2,3)4;/h2-3H,1H2;;(H2,1,2,3,4);. The number of rotatable bonds is 0. The fraction of sp³-hybridized carbons (Fsp3) is 0. The molecule has 0 radical (unpaired) electrons. The number of hydrogen-bond donors (Lipinski definition) is 3. The average Bonchev–Trinajstić information content (AvgIpc) is 1.27. The van der Waals surface area contributed by atoms with E-state index >= 15 is 0 Å². The average molecular weight is 166 g/mol. The second kappa shape index (κ2) is 8.41. The van der Waals surface area contributed by atoms with E-state index < -0.39 is 10.4 Å². The second-order valence-corrected chi connectivity index (χ2v) is 1.53. The van der Waals surface area contributed by atoms with Gasteiger partial charge < -0.3 is 5.11 Å². The van der Waals surface area contributed by atoms with Gasteiger partial charge in [-0.25, -0.2) is 0 Å². The molecule has 0 aromatic heterocycles. The van der Waals surface area contributed by atoms with Gasteiger partial charge >= 0.3 is 40.0 Å². The molecule has 0 atom stereocenters. The van der Waals surface area contributed by atoms with E-state index in [1.807, 2.05) is 0 Å². The molecule has 5 nitrogen and oxygen atoms in total. The molecule has 0 fully saturated rings. The molecule has 0 aromatic carbocycles. The van der Waals surface area contributed by atoms with E-state index in [0.29, 0.717) is 0 Å². The van der Waals surface area contributed by atoms with E-state index in [2.05, 4.69) is 6.58 Å². The first-order valence-electron chi connectivity index (χ1n) is 1.36. The summed E-state index contributed by atoms with van der Waals surface area (Å²) in [6.45, 7) is 2.92. The predicted octanol–water partition coefficient (Wildman–Crippen LogP) is -0.613. The van der Waals surface area contributed by atoms with Gasteiger partial charge in [0, 0.05) is 0 Å². The zero-order chi connectivity index (χ0) is 7.21. The molecule has 0 unspecified atom stereocenters. The van der Waals surface area contributed by atoms with Gasteiger partial charge in [-0.3, -0.25) is 9.11 Å². The molecule has 0 aliphatic heterocycles. The molecule has 0 bridgehead atoms. The van der Waals surface area contributed by atoms with Crippen molar-refractivity contribution in [3.05, 3.63) is 12.8 Å². The summed E-state index contributed by atoms with van der Waals surface area (Å²) >= 11 is 0. The van der Waals surface area contributed by atoms with Crippen LogP contribution in [-0.2, 0) is 10.4 Å². The fourth-order valence-corrected chi connectivity index (χ4v) is 0. The third kappa shape index (κ3) is 2060. The molecule has 0 rings (SSSR count). The summed E-state index contributed by atoms with van der Waals surface area (Å²) in [5.41, 5.74) is 0. The van der Waals surface area contributed by atoms with Crippen molar-refractivity contribution in [2.45, 2.75) is 0 Å². The molecule has 0 saturated heterocycles. The summed E-state index contributed by atoms with van der Waals surface area (Å²) in [5, 5.41) is 7.33. The zero-order valence-electron chi connectivity index (χ0n) is 3.85. The first-order chi connectivity index (χ1) is 3.41. The summed E-state index contributed by atoms with van der Waals surface area (Å²) in [4.78, 5) is 0. The summed E-state index contributed by atoms with van der Waals surface area (Å²) in [6, 6.07) is 0. The Bertz CT molecular complexity index is 129. The third-order valence-electron chi connectivity index (χ3n) is 0. The molecular formula is C2H7NaO5S. The fourth-order valence-electron chi connectivity index (χ4n) is 0. The molecule has 0 spiro atoms. The maximum absolute atomic E-state index is 8.74. The topological polar surface area (TPSA) is 94.8 Å². The Balaban J connectivity index is -0.0000000800. The molecule has 3 N–H and O–H groups in total. The van der Waals surface area contributed by atoms with Crippen LogP contribution in [0, 0.1) is 0 Å². The van der Waals surface area contributed by atoms with Gasteiger partial charge in [0.15, 0.2) is 0 Å². The van der Waals surface area contributed by atoms with Crippen molar-refractivity contribution in [2.75, 3.05) is 0 Å². The first-order valence-corrected chi connectivity index (χ1v) is 2.76. The van der Waals surface area contributed by atoms with Crippen molar-refractivity contribution in [3.8, 4) is 0 Å². The van der Waals surface area contributed by atoms with Gasteiger partial charge in [-0.1, -0.05) is 6.58 Å². The zero-order valence-corrected chi connectivity index (χ0v) is 4.67. The summed E-state index contributed by atoms with van der Waals surface area (Å²) in [6.07, 6.45) is 0.750. The normalized spacial score (nSPS) is 7.78. The molecule has 0 aliphatic carbocycles. The van der Waals surface area contributed by atoms with Crippen LogP contribution in [-0.4, -0.2) is 52.2 Å². The van der Waals surface area contributed by atoms with Gasteiger partial charge in [0.1, 0.15) is 0 Å².